The van der Waals surface area contributed by atoms with E-state index in [-0.39, 0.29) is 5.91 Å². The summed E-state index contributed by atoms with van der Waals surface area (Å²) in [5, 5.41) is 4.02. The molecule has 0 aliphatic carbocycles. The molecule has 1 fully saturated rings. The summed E-state index contributed by atoms with van der Waals surface area (Å²) in [6.07, 6.45) is 1.88. The third-order valence-electron chi connectivity index (χ3n) is 4.89. The molecule has 1 aliphatic heterocycles. The number of carbonyl (C=O) groups is 1. The number of benzene rings is 2. The van der Waals surface area contributed by atoms with Crippen molar-refractivity contribution in [1.29, 1.82) is 0 Å². The Morgan fingerprint density at radius 1 is 1.13 bits per heavy atom. The summed E-state index contributed by atoms with van der Waals surface area (Å²) in [5.41, 5.74) is 4.61. The van der Waals surface area contributed by atoms with Crippen LogP contribution in [0.2, 0.25) is 10.0 Å². The number of nitrogens with one attached hydrogen (secondary N) is 1. The molecular formula is C23H19Cl2N3O2S. The number of nitrogens with zero attached hydrogens (tertiary/aromatic N) is 2. The second-order valence-electron chi connectivity index (χ2n) is 6.91. The van der Waals surface area contributed by atoms with Gasteiger partial charge in [-0.05, 0) is 79.7 Å². The largest absolute Gasteiger partial charge is 0.497 e. The number of halogens is 2. The van der Waals surface area contributed by atoms with Gasteiger partial charge in [-0.1, -0.05) is 29.3 Å². The van der Waals surface area contributed by atoms with Crippen molar-refractivity contribution < 1.29 is 9.53 Å². The molecule has 1 aliphatic rings. The van der Waals surface area contributed by atoms with Crippen LogP contribution in [0.1, 0.15) is 17.0 Å². The van der Waals surface area contributed by atoms with Crippen molar-refractivity contribution in [2.75, 3.05) is 7.11 Å². The van der Waals surface area contributed by atoms with E-state index in [1.54, 1.807) is 25.3 Å². The van der Waals surface area contributed by atoms with Crippen molar-refractivity contribution in [1.82, 2.24) is 9.88 Å². The van der Waals surface area contributed by atoms with Gasteiger partial charge >= 0.3 is 0 Å². The summed E-state index contributed by atoms with van der Waals surface area (Å²) in [4.78, 5) is 17.5. The summed E-state index contributed by atoms with van der Waals surface area (Å²) >= 11 is 13.5. The summed E-state index contributed by atoms with van der Waals surface area (Å²) in [5.74, 6) is 0.607. The fourth-order valence-corrected chi connectivity index (χ4v) is 4.54. The molecule has 0 spiro atoms. The van der Waals surface area contributed by atoms with Crippen molar-refractivity contribution in [3.63, 3.8) is 0 Å². The number of methoxy groups -OCH3 is 1. The van der Waals surface area contributed by atoms with E-state index in [4.69, 9.17) is 27.9 Å². The lowest BCUT2D eigenvalue weighted by Crippen LogP contribution is -2.19. The first-order chi connectivity index (χ1) is 14.9. The minimum atomic E-state index is -0.198. The van der Waals surface area contributed by atoms with Gasteiger partial charge in [-0.2, -0.15) is 0 Å². The van der Waals surface area contributed by atoms with Gasteiger partial charge in [0.25, 0.3) is 5.91 Å². The zero-order chi connectivity index (χ0) is 22.1. The number of aromatic nitrogens is 1. The molecule has 0 unspecified atom stereocenters. The molecule has 4 rings (SSSR count). The Balaban J connectivity index is 1.64. The molecule has 1 N–H and O–H groups in total. The molecule has 158 valence electrons. The lowest BCUT2D eigenvalue weighted by Gasteiger charge is -2.10. The zero-order valence-corrected chi connectivity index (χ0v) is 19.4. The van der Waals surface area contributed by atoms with Gasteiger partial charge in [0.15, 0.2) is 5.17 Å². The van der Waals surface area contributed by atoms with Crippen LogP contribution < -0.4 is 10.1 Å². The molecule has 2 heterocycles. The lowest BCUT2D eigenvalue weighted by molar-refractivity contribution is -0.115. The number of aliphatic imine (C=N–C) groups is 1. The molecule has 1 aromatic heterocycles. The van der Waals surface area contributed by atoms with Crippen LogP contribution in [-0.2, 0) is 4.79 Å². The highest BCUT2D eigenvalue weighted by molar-refractivity contribution is 8.18. The van der Waals surface area contributed by atoms with Crippen molar-refractivity contribution >= 4 is 57.8 Å². The van der Waals surface area contributed by atoms with Crippen molar-refractivity contribution in [2.45, 2.75) is 13.8 Å². The fourth-order valence-electron chi connectivity index (χ4n) is 3.37. The van der Waals surface area contributed by atoms with Gasteiger partial charge in [0, 0.05) is 17.1 Å². The molecule has 31 heavy (non-hydrogen) atoms. The number of aryl methyl sites for hydroxylation is 1. The minimum Gasteiger partial charge on any atom is -0.497 e. The van der Waals surface area contributed by atoms with E-state index in [0.717, 1.165) is 28.4 Å². The summed E-state index contributed by atoms with van der Waals surface area (Å²) < 4.78 is 7.39. The summed E-state index contributed by atoms with van der Waals surface area (Å²) in [7, 11) is 1.65. The van der Waals surface area contributed by atoms with E-state index in [1.165, 1.54) is 11.8 Å². The maximum Gasteiger partial charge on any atom is 0.264 e. The third kappa shape index (κ3) is 4.37. The average molecular weight is 472 g/mol. The molecule has 0 bridgehead atoms. The molecule has 0 atom stereocenters. The third-order valence-corrected chi connectivity index (χ3v) is 6.61. The molecule has 1 amide bonds. The molecule has 3 aromatic rings. The number of ether oxygens (including phenoxy) is 1. The number of hydrogen-bond donors (Lipinski definition) is 1. The lowest BCUT2D eigenvalue weighted by atomic mass is 10.2. The Kier molecular flexibility index (Phi) is 6.14. The predicted octanol–water partition coefficient (Wildman–Crippen LogP) is 6.30. The number of carbonyl (C=O) groups excluding carboxylic acids is 1. The minimum absolute atomic E-state index is 0.198. The normalized spacial score (nSPS) is 16.2. The Hall–Kier alpha value is -2.67. The first-order valence-corrected chi connectivity index (χ1v) is 11.0. The number of hydrogen-bond acceptors (Lipinski definition) is 4. The zero-order valence-electron chi connectivity index (χ0n) is 17.1. The number of amidine groups is 1. The molecule has 0 radical (unpaired) electrons. The molecule has 8 heteroatoms. The van der Waals surface area contributed by atoms with Gasteiger partial charge < -0.3 is 14.6 Å². The molecule has 0 saturated carbocycles. The van der Waals surface area contributed by atoms with Gasteiger partial charge in [0.2, 0.25) is 0 Å². The second kappa shape index (κ2) is 8.83. The Labute approximate surface area is 194 Å². The molecule has 2 aromatic carbocycles. The topological polar surface area (TPSA) is 55.6 Å². The SMILES string of the molecule is COc1ccc(-n2c(C)cc(/C=C3\SC(=Nc4cccc(Cl)c4Cl)NC3=O)c2C)cc1. The first kappa shape index (κ1) is 21.6. The van der Waals surface area contributed by atoms with Crippen LogP contribution in [0.15, 0.2) is 58.4 Å². The first-order valence-electron chi connectivity index (χ1n) is 9.44. The summed E-state index contributed by atoms with van der Waals surface area (Å²) in [6, 6.07) is 15.1. The Morgan fingerprint density at radius 2 is 1.87 bits per heavy atom. The molecular weight excluding hydrogens is 453 g/mol. The molecule has 5 nitrogen and oxygen atoms in total. The maximum atomic E-state index is 12.5. The van der Waals surface area contributed by atoms with Gasteiger partial charge in [0.1, 0.15) is 5.75 Å². The smallest absolute Gasteiger partial charge is 0.264 e. The van der Waals surface area contributed by atoms with E-state index < -0.39 is 0 Å². The Bertz CT molecular complexity index is 1230. The second-order valence-corrected chi connectivity index (χ2v) is 8.73. The molecule has 1 saturated heterocycles. The quantitative estimate of drug-likeness (QED) is 0.454. The van der Waals surface area contributed by atoms with Crippen molar-refractivity contribution in [3.05, 3.63) is 80.4 Å². The fraction of sp³-hybridized carbons (Fsp3) is 0.130. The standard InChI is InChI=1S/C23H19Cl2N3O2S/c1-13-11-15(14(2)28(13)16-7-9-17(30-3)10-8-16)12-20-22(29)27-23(31-20)26-19-6-4-5-18(24)21(19)25/h4-12H,1-3H3,(H,26,27,29)/b20-12-. The van der Waals surface area contributed by atoms with E-state index in [2.05, 4.69) is 20.9 Å². The van der Waals surface area contributed by atoms with E-state index in [1.807, 2.05) is 44.2 Å². The van der Waals surface area contributed by atoms with E-state index in [0.29, 0.717) is 25.8 Å². The van der Waals surface area contributed by atoms with Crippen LogP contribution >= 0.6 is 35.0 Å². The Morgan fingerprint density at radius 3 is 2.58 bits per heavy atom. The highest BCUT2D eigenvalue weighted by Crippen LogP contribution is 2.35. The number of amides is 1. The van der Waals surface area contributed by atoms with E-state index in [9.17, 15) is 4.79 Å². The van der Waals surface area contributed by atoms with Crippen LogP contribution in [0, 0.1) is 13.8 Å². The van der Waals surface area contributed by atoms with Crippen molar-refractivity contribution in [2.24, 2.45) is 4.99 Å². The van der Waals surface area contributed by atoms with Crippen LogP contribution in [0.4, 0.5) is 5.69 Å². The highest BCUT2D eigenvalue weighted by atomic mass is 35.5. The monoisotopic (exact) mass is 471 g/mol. The van der Waals surface area contributed by atoms with Crippen LogP contribution in [0.25, 0.3) is 11.8 Å². The van der Waals surface area contributed by atoms with Gasteiger partial charge in [-0.3, -0.25) is 4.79 Å². The van der Waals surface area contributed by atoms with Crippen LogP contribution in [0.5, 0.6) is 5.75 Å². The number of thioether (sulfide) groups is 1. The van der Waals surface area contributed by atoms with Crippen LogP contribution in [-0.4, -0.2) is 22.8 Å². The highest BCUT2D eigenvalue weighted by Gasteiger charge is 2.25. The van der Waals surface area contributed by atoms with Gasteiger partial charge in [-0.25, -0.2) is 4.99 Å². The summed E-state index contributed by atoms with van der Waals surface area (Å²) in [6.45, 7) is 4.07. The number of rotatable bonds is 4. The van der Waals surface area contributed by atoms with Crippen LogP contribution in [0.3, 0.4) is 0 Å². The van der Waals surface area contributed by atoms with E-state index >= 15 is 0 Å². The van der Waals surface area contributed by atoms with Gasteiger partial charge in [0.05, 0.1) is 27.7 Å². The predicted molar refractivity (Wildman–Crippen MR) is 129 cm³/mol. The average Bonchev–Trinajstić information content (AvgIpc) is 3.24. The van der Waals surface area contributed by atoms with Crippen molar-refractivity contribution in [3.8, 4) is 11.4 Å². The maximum absolute atomic E-state index is 12.5. The van der Waals surface area contributed by atoms with Gasteiger partial charge in [-0.15, -0.1) is 0 Å².